The van der Waals surface area contributed by atoms with Crippen LogP contribution >= 0.6 is 11.6 Å². The summed E-state index contributed by atoms with van der Waals surface area (Å²) in [6.07, 6.45) is 6.87. The third kappa shape index (κ3) is 1.85. The predicted molar refractivity (Wildman–Crippen MR) is 80.3 cm³/mol. The number of halogens is 1. The van der Waals surface area contributed by atoms with E-state index in [0.29, 0.717) is 10.9 Å². The van der Waals surface area contributed by atoms with Crippen LogP contribution in [0.1, 0.15) is 18.4 Å². The minimum Gasteiger partial charge on any atom is -0.464 e. The normalized spacial score (nSPS) is 17.2. The van der Waals surface area contributed by atoms with Gasteiger partial charge in [-0.1, -0.05) is 11.6 Å². The molecule has 4 heteroatoms. The van der Waals surface area contributed by atoms with Gasteiger partial charge in [0.1, 0.15) is 5.58 Å². The lowest BCUT2D eigenvalue weighted by atomic mass is 9.89. The Morgan fingerprint density at radius 1 is 1.05 bits per heavy atom. The minimum absolute atomic E-state index is 0.655. The summed E-state index contributed by atoms with van der Waals surface area (Å²) in [7, 11) is 0. The molecule has 1 aliphatic rings. The Bertz CT molecular complexity index is 701. The van der Waals surface area contributed by atoms with E-state index in [0.717, 1.165) is 41.4 Å². The fourth-order valence-corrected chi connectivity index (χ4v) is 3.55. The van der Waals surface area contributed by atoms with Gasteiger partial charge in [-0.2, -0.15) is 0 Å². The Kier molecular flexibility index (Phi) is 2.97. The zero-order valence-electron chi connectivity index (χ0n) is 11.1. The van der Waals surface area contributed by atoms with Crippen molar-refractivity contribution in [2.45, 2.75) is 19.3 Å². The second-order valence-electron chi connectivity index (χ2n) is 5.52. The molecule has 1 fully saturated rings. The van der Waals surface area contributed by atoms with Crippen LogP contribution in [0.3, 0.4) is 0 Å². The lowest BCUT2D eigenvalue weighted by molar-refractivity contribution is 0.373. The van der Waals surface area contributed by atoms with Crippen molar-refractivity contribution in [1.82, 2.24) is 5.32 Å². The van der Waals surface area contributed by atoms with Gasteiger partial charge < -0.3 is 14.2 Å². The van der Waals surface area contributed by atoms with Crippen LogP contribution in [-0.4, -0.2) is 13.1 Å². The van der Waals surface area contributed by atoms with E-state index in [-0.39, 0.29) is 0 Å². The van der Waals surface area contributed by atoms with E-state index in [1.165, 1.54) is 18.4 Å². The summed E-state index contributed by atoms with van der Waals surface area (Å²) >= 11 is 6.41. The summed E-state index contributed by atoms with van der Waals surface area (Å²) < 4.78 is 11.3. The van der Waals surface area contributed by atoms with Crippen molar-refractivity contribution in [1.29, 1.82) is 0 Å². The highest BCUT2D eigenvalue weighted by molar-refractivity contribution is 6.40. The molecule has 3 aromatic rings. The van der Waals surface area contributed by atoms with Gasteiger partial charge in [0.15, 0.2) is 5.58 Å². The number of hydrogen-bond donors (Lipinski definition) is 1. The Morgan fingerprint density at radius 2 is 1.75 bits per heavy atom. The van der Waals surface area contributed by atoms with Gasteiger partial charge in [0.2, 0.25) is 0 Å². The largest absolute Gasteiger partial charge is 0.464 e. The predicted octanol–water partition coefficient (Wildman–Crippen LogP) is 4.37. The zero-order valence-corrected chi connectivity index (χ0v) is 11.9. The minimum atomic E-state index is 0.655. The topological polar surface area (TPSA) is 38.3 Å². The van der Waals surface area contributed by atoms with Crippen LogP contribution in [-0.2, 0) is 6.42 Å². The molecule has 0 spiro atoms. The van der Waals surface area contributed by atoms with Gasteiger partial charge in [0.25, 0.3) is 0 Å². The van der Waals surface area contributed by atoms with Crippen molar-refractivity contribution in [2.75, 3.05) is 13.1 Å². The number of benzene rings is 1. The SMILES string of the molecule is Clc1c2ccoc2c(CC2CCNCC2)c2ccoc12. The second-order valence-corrected chi connectivity index (χ2v) is 5.89. The molecule has 0 unspecified atom stereocenters. The molecule has 0 amide bonds. The lowest BCUT2D eigenvalue weighted by Crippen LogP contribution is -2.28. The number of hydrogen-bond acceptors (Lipinski definition) is 3. The van der Waals surface area contributed by atoms with Crippen LogP contribution in [0, 0.1) is 5.92 Å². The van der Waals surface area contributed by atoms with Crippen molar-refractivity contribution in [3.05, 3.63) is 35.2 Å². The highest BCUT2D eigenvalue weighted by Crippen LogP contribution is 2.39. The maximum Gasteiger partial charge on any atom is 0.153 e. The van der Waals surface area contributed by atoms with Crippen LogP contribution in [0.25, 0.3) is 21.9 Å². The maximum absolute atomic E-state index is 6.41. The van der Waals surface area contributed by atoms with Crippen molar-refractivity contribution >= 4 is 33.5 Å². The van der Waals surface area contributed by atoms with E-state index in [2.05, 4.69) is 5.32 Å². The van der Waals surface area contributed by atoms with Crippen LogP contribution < -0.4 is 5.32 Å². The number of piperidine rings is 1. The lowest BCUT2D eigenvalue weighted by Gasteiger charge is -2.22. The molecular weight excluding hydrogens is 274 g/mol. The fourth-order valence-electron chi connectivity index (χ4n) is 3.25. The van der Waals surface area contributed by atoms with Gasteiger partial charge in [-0.15, -0.1) is 0 Å². The summed E-state index contributed by atoms with van der Waals surface area (Å²) in [5, 5.41) is 6.12. The molecule has 1 aliphatic heterocycles. The van der Waals surface area contributed by atoms with Crippen molar-refractivity contribution in [3.63, 3.8) is 0 Å². The van der Waals surface area contributed by atoms with Crippen LogP contribution in [0.2, 0.25) is 5.02 Å². The van der Waals surface area contributed by atoms with E-state index in [9.17, 15) is 0 Å². The molecule has 1 aromatic carbocycles. The second kappa shape index (κ2) is 4.83. The molecule has 0 atom stereocenters. The van der Waals surface area contributed by atoms with E-state index in [1.807, 2.05) is 12.1 Å². The number of fused-ring (bicyclic) bond motifs is 2. The zero-order chi connectivity index (χ0) is 13.5. The van der Waals surface area contributed by atoms with Gasteiger partial charge in [-0.25, -0.2) is 0 Å². The molecule has 3 heterocycles. The highest BCUT2D eigenvalue weighted by Gasteiger charge is 2.21. The molecule has 4 rings (SSSR count). The number of rotatable bonds is 2. The Labute approximate surface area is 121 Å². The third-order valence-corrected chi connectivity index (χ3v) is 4.69. The summed E-state index contributed by atoms with van der Waals surface area (Å²) in [5.74, 6) is 0.698. The first-order chi connectivity index (χ1) is 9.84. The van der Waals surface area contributed by atoms with Crippen LogP contribution in [0.5, 0.6) is 0 Å². The molecule has 2 aromatic heterocycles. The molecule has 0 bridgehead atoms. The summed E-state index contributed by atoms with van der Waals surface area (Å²) in [4.78, 5) is 0. The average Bonchev–Trinajstić information content (AvgIpc) is 3.14. The molecule has 0 saturated carbocycles. The molecule has 104 valence electrons. The first-order valence-corrected chi connectivity index (χ1v) is 7.48. The molecule has 3 nitrogen and oxygen atoms in total. The quantitative estimate of drug-likeness (QED) is 0.761. The van der Waals surface area contributed by atoms with E-state index in [1.54, 1.807) is 12.5 Å². The smallest absolute Gasteiger partial charge is 0.153 e. The van der Waals surface area contributed by atoms with Crippen molar-refractivity contribution in [2.24, 2.45) is 5.92 Å². The fraction of sp³-hybridized carbons (Fsp3) is 0.375. The van der Waals surface area contributed by atoms with Crippen molar-refractivity contribution in [3.8, 4) is 0 Å². The van der Waals surface area contributed by atoms with Gasteiger partial charge in [0, 0.05) is 16.3 Å². The van der Waals surface area contributed by atoms with Crippen LogP contribution in [0.4, 0.5) is 0 Å². The number of nitrogens with one attached hydrogen (secondary N) is 1. The van der Waals surface area contributed by atoms with E-state index >= 15 is 0 Å². The van der Waals surface area contributed by atoms with Crippen molar-refractivity contribution < 1.29 is 8.83 Å². The monoisotopic (exact) mass is 289 g/mol. The van der Waals surface area contributed by atoms with Gasteiger partial charge in [-0.3, -0.25) is 0 Å². The summed E-state index contributed by atoms with van der Waals surface area (Å²) in [6, 6.07) is 3.92. The molecule has 20 heavy (non-hydrogen) atoms. The third-order valence-electron chi connectivity index (χ3n) is 4.32. The van der Waals surface area contributed by atoms with Gasteiger partial charge in [-0.05, 0) is 50.4 Å². The van der Waals surface area contributed by atoms with Gasteiger partial charge >= 0.3 is 0 Å². The first-order valence-electron chi connectivity index (χ1n) is 7.10. The highest BCUT2D eigenvalue weighted by atomic mass is 35.5. The van der Waals surface area contributed by atoms with E-state index < -0.39 is 0 Å². The van der Waals surface area contributed by atoms with Crippen LogP contribution in [0.15, 0.2) is 33.5 Å². The Morgan fingerprint density at radius 3 is 2.55 bits per heavy atom. The maximum atomic E-state index is 6.41. The summed E-state index contributed by atoms with van der Waals surface area (Å²) in [5.41, 5.74) is 2.94. The Hall–Kier alpha value is -1.45. The molecule has 1 saturated heterocycles. The molecule has 1 N–H and O–H groups in total. The number of furan rings is 2. The molecule has 0 aliphatic carbocycles. The Balaban J connectivity index is 1.88. The van der Waals surface area contributed by atoms with Gasteiger partial charge in [0.05, 0.1) is 17.5 Å². The average molecular weight is 290 g/mol. The molecule has 0 radical (unpaired) electrons. The first kappa shape index (κ1) is 12.3. The molecular formula is C16H16ClNO2. The summed E-state index contributed by atoms with van der Waals surface area (Å²) in [6.45, 7) is 2.21. The standard InChI is InChI=1S/C16H16ClNO2/c17-14-12-4-8-19-15(12)13(11-3-7-20-16(11)14)9-10-1-5-18-6-2-10/h3-4,7-8,10,18H,1-2,5-6,9H2. The van der Waals surface area contributed by atoms with E-state index in [4.69, 9.17) is 20.4 Å².